The Morgan fingerprint density at radius 3 is 2.19 bits per heavy atom. The Morgan fingerprint density at radius 1 is 1.00 bits per heavy atom. The molecule has 0 spiro atoms. The van der Waals surface area contributed by atoms with Crippen LogP contribution in [0.2, 0.25) is 0 Å². The van der Waals surface area contributed by atoms with Gasteiger partial charge >= 0.3 is 0 Å². The predicted molar refractivity (Wildman–Crippen MR) is 149 cm³/mol. The van der Waals surface area contributed by atoms with Gasteiger partial charge in [0, 0.05) is 31.7 Å². The van der Waals surface area contributed by atoms with E-state index in [0.29, 0.717) is 23.8 Å². The number of hydrogen-bond donors (Lipinski definition) is 0. The fourth-order valence-corrected chi connectivity index (χ4v) is 6.34. The molecule has 0 aliphatic carbocycles. The Morgan fingerprint density at radius 2 is 1.64 bits per heavy atom. The molecule has 0 aliphatic rings. The van der Waals surface area contributed by atoms with Gasteiger partial charge < -0.3 is 4.90 Å². The van der Waals surface area contributed by atoms with Crippen LogP contribution in [0.25, 0.3) is 10.2 Å². The summed E-state index contributed by atoms with van der Waals surface area (Å²) >= 11 is 1.49. The first-order valence-electron chi connectivity index (χ1n) is 12.0. The van der Waals surface area contributed by atoms with Gasteiger partial charge in [0.05, 0.1) is 15.1 Å². The number of carbonyl (C=O) groups is 1. The van der Waals surface area contributed by atoms with Crippen LogP contribution in [0.1, 0.15) is 29.8 Å². The van der Waals surface area contributed by atoms with Gasteiger partial charge in [-0.2, -0.15) is 4.31 Å². The molecule has 0 atom stereocenters. The number of para-hydroxylation sites is 1. The van der Waals surface area contributed by atoms with E-state index in [-0.39, 0.29) is 23.9 Å². The molecule has 0 aliphatic heterocycles. The number of hydrogen-bond acceptors (Lipinski definition) is 6. The summed E-state index contributed by atoms with van der Waals surface area (Å²) in [6.07, 6.45) is 3.07. The SMILES string of the molecule is C=CCN(CC=C)S(=O)(=O)c1ccc(C(=O)N(CCN(CC)CC)c2nc3c(C)cccc3s2)cc1. The monoisotopic (exact) mass is 526 g/mol. The van der Waals surface area contributed by atoms with Crippen LogP contribution in [0.15, 0.2) is 72.7 Å². The Bertz CT molecular complexity index is 1300. The van der Waals surface area contributed by atoms with Crippen LogP contribution in [0.4, 0.5) is 5.13 Å². The van der Waals surface area contributed by atoms with Crippen molar-refractivity contribution in [3.63, 3.8) is 0 Å². The highest BCUT2D eigenvalue weighted by Gasteiger charge is 2.25. The average Bonchev–Trinajstić information content (AvgIpc) is 3.31. The number of fused-ring (bicyclic) bond motifs is 1. The van der Waals surface area contributed by atoms with Gasteiger partial charge in [-0.05, 0) is 55.9 Å². The topological polar surface area (TPSA) is 73.8 Å². The molecule has 7 nitrogen and oxygen atoms in total. The normalized spacial score (nSPS) is 11.8. The number of benzene rings is 2. The van der Waals surface area contributed by atoms with Crippen LogP contribution in [0, 0.1) is 6.92 Å². The highest BCUT2D eigenvalue weighted by molar-refractivity contribution is 7.89. The largest absolute Gasteiger partial charge is 0.302 e. The van der Waals surface area contributed by atoms with Crippen LogP contribution in [-0.2, 0) is 10.0 Å². The van der Waals surface area contributed by atoms with Crippen LogP contribution < -0.4 is 4.90 Å². The number of anilines is 1. The van der Waals surface area contributed by atoms with Gasteiger partial charge in [0.25, 0.3) is 5.91 Å². The van der Waals surface area contributed by atoms with Crippen molar-refractivity contribution < 1.29 is 13.2 Å². The Kier molecular flexibility index (Phi) is 9.56. The molecule has 0 saturated carbocycles. The molecule has 1 amide bonds. The lowest BCUT2D eigenvalue weighted by Gasteiger charge is -2.25. The fraction of sp³-hybridized carbons (Fsp3) is 0.333. The van der Waals surface area contributed by atoms with Crippen molar-refractivity contribution in [2.24, 2.45) is 0 Å². The minimum atomic E-state index is -3.74. The molecule has 0 fully saturated rings. The van der Waals surface area contributed by atoms with Gasteiger partial charge in [0.15, 0.2) is 5.13 Å². The summed E-state index contributed by atoms with van der Waals surface area (Å²) in [5.74, 6) is -0.211. The number of amides is 1. The lowest BCUT2D eigenvalue weighted by molar-refractivity contribution is 0.0983. The summed E-state index contributed by atoms with van der Waals surface area (Å²) in [6.45, 7) is 16.8. The van der Waals surface area contributed by atoms with Crippen molar-refractivity contribution in [1.82, 2.24) is 14.2 Å². The van der Waals surface area contributed by atoms with Gasteiger partial charge in [-0.25, -0.2) is 13.4 Å². The Balaban J connectivity index is 1.94. The van der Waals surface area contributed by atoms with E-state index in [1.807, 2.05) is 25.1 Å². The molecule has 36 heavy (non-hydrogen) atoms. The van der Waals surface area contributed by atoms with Crippen LogP contribution >= 0.6 is 11.3 Å². The molecular weight excluding hydrogens is 492 g/mol. The van der Waals surface area contributed by atoms with Gasteiger partial charge in [-0.3, -0.25) is 9.69 Å². The van der Waals surface area contributed by atoms with Crippen molar-refractivity contribution in [3.05, 3.63) is 78.9 Å². The minimum absolute atomic E-state index is 0.119. The van der Waals surface area contributed by atoms with Gasteiger partial charge in [0.1, 0.15) is 0 Å². The van der Waals surface area contributed by atoms with E-state index in [2.05, 4.69) is 31.9 Å². The molecule has 3 rings (SSSR count). The quantitative estimate of drug-likeness (QED) is 0.295. The summed E-state index contributed by atoms with van der Waals surface area (Å²) in [5.41, 5.74) is 2.36. The first kappa shape index (κ1) is 27.7. The minimum Gasteiger partial charge on any atom is -0.302 e. The summed E-state index contributed by atoms with van der Waals surface area (Å²) < 4.78 is 28.4. The fourth-order valence-electron chi connectivity index (χ4n) is 3.89. The Hall–Kier alpha value is -2.85. The molecule has 0 radical (unpaired) electrons. The van der Waals surface area contributed by atoms with Crippen molar-refractivity contribution in [1.29, 1.82) is 0 Å². The van der Waals surface area contributed by atoms with E-state index >= 15 is 0 Å². The number of thiazole rings is 1. The number of rotatable bonds is 13. The maximum absolute atomic E-state index is 13.7. The van der Waals surface area contributed by atoms with Crippen LogP contribution in [0.3, 0.4) is 0 Å². The molecule has 0 bridgehead atoms. The second-order valence-corrected chi connectivity index (χ2v) is 11.3. The maximum atomic E-state index is 13.7. The summed E-state index contributed by atoms with van der Waals surface area (Å²) in [6, 6.07) is 12.1. The zero-order chi connectivity index (χ0) is 26.3. The Labute approximate surface area is 218 Å². The first-order valence-corrected chi connectivity index (χ1v) is 14.2. The van der Waals surface area contributed by atoms with E-state index in [1.54, 1.807) is 17.0 Å². The molecule has 0 unspecified atom stereocenters. The lowest BCUT2D eigenvalue weighted by atomic mass is 10.2. The molecular formula is C27H34N4O3S2. The molecule has 0 N–H and O–H groups in total. The molecule has 2 aromatic carbocycles. The zero-order valence-electron chi connectivity index (χ0n) is 21.2. The zero-order valence-corrected chi connectivity index (χ0v) is 22.8. The van der Waals surface area contributed by atoms with E-state index < -0.39 is 10.0 Å². The van der Waals surface area contributed by atoms with E-state index in [0.717, 1.165) is 28.9 Å². The molecule has 1 aromatic heterocycles. The molecule has 1 heterocycles. The second-order valence-electron chi connectivity index (χ2n) is 8.33. The average molecular weight is 527 g/mol. The summed E-state index contributed by atoms with van der Waals surface area (Å²) in [7, 11) is -3.74. The number of aromatic nitrogens is 1. The molecule has 3 aromatic rings. The van der Waals surface area contributed by atoms with Crippen LogP contribution in [0.5, 0.6) is 0 Å². The lowest BCUT2D eigenvalue weighted by Crippen LogP contribution is -2.39. The first-order chi connectivity index (χ1) is 17.3. The van der Waals surface area contributed by atoms with Crippen molar-refractivity contribution >= 4 is 42.6 Å². The van der Waals surface area contributed by atoms with E-state index in [4.69, 9.17) is 4.98 Å². The smallest absolute Gasteiger partial charge is 0.260 e. The third-order valence-electron chi connectivity index (χ3n) is 6.02. The number of likely N-dealkylation sites (N-methyl/N-ethyl adjacent to an activating group) is 1. The third-order valence-corrected chi connectivity index (χ3v) is 8.91. The van der Waals surface area contributed by atoms with Gasteiger partial charge in [-0.15, -0.1) is 13.2 Å². The highest BCUT2D eigenvalue weighted by atomic mass is 32.2. The number of sulfonamides is 1. The number of aryl methyl sites for hydroxylation is 1. The molecule has 192 valence electrons. The third kappa shape index (κ3) is 6.10. The standard InChI is InChI=1S/C27H34N4O3S2/c1-6-17-30(18-7-2)36(33,34)23-15-13-22(14-16-23)26(32)31(20-19-29(8-3)9-4)27-28-25-21(5)11-10-12-24(25)35-27/h6-7,10-16H,1-2,8-9,17-20H2,3-5H3. The van der Waals surface area contributed by atoms with Crippen molar-refractivity contribution in [2.45, 2.75) is 25.7 Å². The number of nitrogens with zero attached hydrogens (tertiary/aromatic N) is 4. The number of carbonyl (C=O) groups excluding carboxylic acids is 1. The predicted octanol–water partition coefficient (Wildman–Crippen LogP) is 4.96. The van der Waals surface area contributed by atoms with E-state index in [9.17, 15) is 13.2 Å². The maximum Gasteiger partial charge on any atom is 0.260 e. The van der Waals surface area contributed by atoms with E-state index in [1.165, 1.54) is 39.9 Å². The summed E-state index contributed by atoms with van der Waals surface area (Å²) in [5, 5.41) is 0.635. The molecule has 0 saturated heterocycles. The molecule has 9 heteroatoms. The highest BCUT2D eigenvalue weighted by Crippen LogP contribution is 2.31. The van der Waals surface area contributed by atoms with Gasteiger partial charge in [-0.1, -0.05) is 49.5 Å². The van der Waals surface area contributed by atoms with Crippen molar-refractivity contribution in [3.8, 4) is 0 Å². The van der Waals surface area contributed by atoms with Gasteiger partial charge in [0.2, 0.25) is 10.0 Å². The summed E-state index contributed by atoms with van der Waals surface area (Å²) in [4.78, 5) is 22.6. The van der Waals surface area contributed by atoms with Crippen LogP contribution in [-0.4, -0.2) is 67.8 Å². The second kappa shape index (κ2) is 12.4. The van der Waals surface area contributed by atoms with Crippen molar-refractivity contribution in [2.75, 3.05) is 44.2 Å².